The van der Waals surface area contributed by atoms with Gasteiger partial charge >= 0.3 is 0 Å². The van der Waals surface area contributed by atoms with Gasteiger partial charge in [-0.3, -0.25) is 4.79 Å². The highest BCUT2D eigenvalue weighted by Gasteiger charge is 2.22. The van der Waals surface area contributed by atoms with Crippen molar-refractivity contribution >= 4 is 23.4 Å². The van der Waals surface area contributed by atoms with E-state index >= 15 is 0 Å². The number of carbonyl (C=O) groups is 1. The van der Waals surface area contributed by atoms with E-state index in [1.54, 1.807) is 11.8 Å². The number of thioether (sulfide) groups is 1. The second kappa shape index (κ2) is 7.67. The molecular formula is C22H19NO2S. The van der Waals surface area contributed by atoms with Gasteiger partial charge in [-0.25, -0.2) is 0 Å². The standard InChI is InChI=1S/C22H19NO2S/c24-22(23-18-11-12-20-17(15-18)13-14-25-20)21(16-7-3-1-4-8-16)26-19-9-5-2-6-10-19/h1-12,15,21H,13-14H2,(H,23,24). The Balaban J connectivity index is 1.57. The molecule has 1 atom stereocenters. The number of carbonyl (C=O) groups excluding carboxylic acids is 1. The third-order valence-corrected chi connectivity index (χ3v) is 5.56. The van der Waals surface area contributed by atoms with E-state index < -0.39 is 0 Å². The smallest absolute Gasteiger partial charge is 0.242 e. The lowest BCUT2D eigenvalue weighted by atomic mass is 10.1. The quantitative estimate of drug-likeness (QED) is 0.643. The van der Waals surface area contributed by atoms with Crippen molar-refractivity contribution in [3.8, 4) is 5.75 Å². The fourth-order valence-corrected chi connectivity index (χ4v) is 4.05. The summed E-state index contributed by atoms with van der Waals surface area (Å²) in [7, 11) is 0. The van der Waals surface area contributed by atoms with Crippen LogP contribution in [0.25, 0.3) is 0 Å². The van der Waals surface area contributed by atoms with E-state index in [0.717, 1.165) is 33.9 Å². The van der Waals surface area contributed by atoms with Crippen LogP contribution in [0, 0.1) is 0 Å². The van der Waals surface area contributed by atoms with E-state index in [-0.39, 0.29) is 11.2 Å². The SMILES string of the molecule is O=C(Nc1ccc2c(c1)CCO2)C(Sc1ccccc1)c1ccccc1. The first-order valence-corrected chi connectivity index (χ1v) is 9.51. The largest absolute Gasteiger partial charge is 0.493 e. The van der Waals surface area contributed by atoms with Crippen LogP contribution in [-0.4, -0.2) is 12.5 Å². The number of rotatable bonds is 5. The van der Waals surface area contributed by atoms with Gasteiger partial charge in [0.15, 0.2) is 0 Å². The molecule has 0 spiro atoms. The monoisotopic (exact) mass is 361 g/mol. The zero-order chi connectivity index (χ0) is 17.8. The lowest BCUT2D eigenvalue weighted by molar-refractivity contribution is -0.115. The highest BCUT2D eigenvalue weighted by Crippen LogP contribution is 2.36. The molecule has 0 radical (unpaired) electrons. The molecule has 1 N–H and O–H groups in total. The van der Waals surface area contributed by atoms with Gasteiger partial charge in [0.25, 0.3) is 0 Å². The van der Waals surface area contributed by atoms with E-state index in [1.165, 1.54) is 0 Å². The summed E-state index contributed by atoms with van der Waals surface area (Å²) in [6.07, 6.45) is 0.889. The van der Waals surface area contributed by atoms with Crippen molar-refractivity contribution in [2.75, 3.05) is 11.9 Å². The average Bonchev–Trinajstić information content (AvgIpc) is 3.15. The summed E-state index contributed by atoms with van der Waals surface area (Å²) < 4.78 is 5.54. The Kier molecular flexibility index (Phi) is 4.93. The summed E-state index contributed by atoms with van der Waals surface area (Å²) in [5.41, 5.74) is 2.95. The minimum Gasteiger partial charge on any atom is -0.493 e. The number of amides is 1. The van der Waals surface area contributed by atoms with Crippen LogP contribution in [0.5, 0.6) is 5.75 Å². The molecule has 0 aromatic heterocycles. The molecule has 0 fully saturated rings. The summed E-state index contributed by atoms with van der Waals surface area (Å²) in [4.78, 5) is 14.1. The predicted molar refractivity (Wildman–Crippen MR) is 106 cm³/mol. The van der Waals surface area contributed by atoms with E-state index in [1.807, 2.05) is 78.9 Å². The topological polar surface area (TPSA) is 38.3 Å². The second-order valence-corrected chi connectivity index (χ2v) is 7.31. The van der Waals surface area contributed by atoms with Gasteiger partial charge in [0.1, 0.15) is 11.0 Å². The molecule has 1 heterocycles. The zero-order valence-electron chi connectivity index (χ0n) is 14.2. The van der Waals surface area contributed by atoms with Gasteiger partial charge < -0.3 is 10.1 Å². The van der Waals surface area contributed by atoms with Gasteiger partial charge in [-0.15, -0.1) is 11.8 Å². The lowest BCUT2D eigenvalue weighted by Gasteiger charge is -2.17. The van der Waals surface area contributed by atoms with E-state index in [0.29, 0.717) is 6.61 Å². The van der Waals surface area contributed by atoms with Crippen LogP contribution in [0.1, 0.15) is 16.4 Å². The maximum atomic E-state index is 13.1. The Bertz CT molecular complexity index is 897. The summed E-state index contributed by atoms with van der Waals surface area (Å²) in [5, 5.41) is 2.76. The van der Waals surface area contributed by atoms with Crippen molar-refractivity contribution in [1.29, 1.82) is 0 Å². The first kappa shape index (κ1) is 16.7. The number of benzene rings is 3. The van der Waals surface area contributed by atoms with Gasteiger partial charge in [-0.05, 0) is 41.5 Å². The van der Waals surface area contributed by atoms with Gasteiger partial charge in [0.05, 0.1) is 6.61 Å². The van der Waals surface area contributed by atoms with Crippen molar-refractivity contribution in [1.82, 2.24) is 0 Å². The summed E-state index contributed by atoms with van der Waals surface area (Å²) in [5.74, 6) is 0.894. The number of fused-ring (bicyclic) bond motifs is 1. The summed E-state index contributed by atoms with van der Waals surface area (Å²) in [6, 6.07) is 25.7. The van der Waals surface area contributed by atoms with Crippen LogP contribution >= 0.6 is 11.8 Å². The summed E-state index contributed by atoms with van der Waals surface area (Å²) in [6.45, 7) is 0.712. The molecule has 0 bridgehead atoms. The molecule has 26 heavy (non-hydrogen) atoms. The maximum absolute atomic E-state index is 13.1. The van der Waals surface area contributed by atoms with Crippen LogP contribution in [0.2, 0.25) is 0 Å². The predicted octanol–water partition coefficient (Wildman–Crippen LogP) is 5.09. The number of ether oxygens (including phenoxy) is 1. The molecule has 0 saturated heterocycles. The Labute approximate surface area is 157 Å². The minimum atomic E-state index is -0.317. The molecule has 1 unspecified atom stereocenters. The van der Waals surface area contributed by atoms with E-state index in [4.69, 9.17) is 4.74 Å². The lowest BCUT2D eigenvalue weighted by Crippen LogP contribution is -2.19. The maximum Gasteiger partial charge on any atom is 0.242 e. The number of hydrogen-bond acceptors (Lipinski definition) is 3. The second-order valence-electron chi connectivity index (χ2n) is 6.13. The number of nitrogens with one attached hydrogen (secondary N) is 1. The molecule has 0 aliphatic carbocycles. The van der Waals surface area contributed by atoms with Crippen LogP contribution in [0.3, 0.4) is 0 Å². The molecule has 1 amide bonds. The Morgan fingerprint density at radius 1 is 0.962 bits per heavy atom. The molecule has 0 saturated carbocycles. The van der Waals surface area contributed by atoms with Crippen LogP contribution in [0.15, 0.2) is 83.8 Å². The first-order valence-electron chi connectivity index (χ1n) is 8.63. The Hall–Kier alpha value is -2.72. The molecule has 1 aliphatic heterocycles. The molecular weight excluding hydrogens is 342 g/mol. The van der Waals surface area contributed by atoms with E-state index in [2.05, 4.69) is 5.32 Å². The third kappa shape index (κ3) is 3.75. The van der Waals surface area contributed by atoms with Crippen molar-refractivity contribution < 1.29 is 9.53 Å². The van der Waals surface area contributed by atoms with Crippen molar-refractivity contribution in [2.24, 2.45) is 0 Å². The Morgan fingerprint density at radius 3 is 2.46 bits per heavy atom. The molecule has 1 aliphatic rings. The fourth-order valence-electron chi connectivity index (χ4n) is 3.01. The Morgan fingerprint density at radius 2 is 1.69 bits per heavy atom. The van der Waals surface area contributed by atoms with Crippen molar-refractivity contribution in [3.63, 3.8) is 0 Å². The van der Waals surface area contributed by atoms with Crippen LogP contribution in [0.4, 0.5) is 5.69 Å². The highest BCUT2D eigenvalue weighted by molar-refractivity contribution is 8.00. The summed E-state index contributed by atoms with van der Waals surface area (Å²) >= 11 is 1.56. The first-order chi connectivity index (χ1) is 12.8. The van der Waals surface area contributed by atoms with Gasteiger partial charge in [0, 0.05) is 17.0 Å². The number of hydrogen-bond donors (Lipinski definition) is 1. The molecule has 3 aromatic carbocycles. The third-order valence-electron chi connectivity index (χ3n) is 4.29. The molecule has 3 nitrogen and oxygen atoms in total. The van der Waals surface area contributed by atoms with Gasteiger partial charge in [-0.2, -0.15) is 0 Å². The molecule has 4 rings (SSSR count). The zero-order valence-corrected chi connectivity index (χ0v) is 15.0. The molecule has 130 valence electrons. The van der Waals surface area contributed by atoms with Gasteiger partial charge in [0.2, 0.25) is 5.91 Å². The molecule has 3 aromatic rings. The average molecular weight is 361 g/mol. The van der Waals surface area contributed by atoms with Crippen molar-refractivity contribution in [2.45, 2.75) is 16.6 Å². The minimum absolute atomic E-state index is 0.0241. The van der Waals surface area contributed by atoms with Crippen LogP contribution < -0.4 is 10.1 Å². The fraction of sp³-hybridized carbons (Fsp3) is 0.136. The molecule has 4 heteroatoms. The van der Waals surface area contributed by atoms with E-state index in [9.17, 15) is 4.79 Å². The highest BCUT2D eigenvalue weighted by atomic mass is 32.2. The van der Waals surface area contributed by atoms with Gasteiger partial charge in [-0.1, -0.05) is 48.5 Å². The normalized spacial score (nSPS) is 13.5. The van der Waals surface area contributed by atoms with Crippen LogP contribution in [-0.2, 0) is 11.2 Å². The van der Waals surface area contributed by atoms with Crippen molar-refractivity contribution in [3.05, 3.63) is 90.0 Å². The number of anilines is 1.